The summed E-state index contributed by atoms with van der Waals surface area (Å²) in [6.45, 7) is 0. The molecule has 6 nitrogen and oxygen atoms in total. The molecule has 0 fully saturated rings. The second kappa shape index (κ2) is 5.43. The smallest absolute Gasteiger partial charge is 0.397 e. The van der Waals surface area contributed by atoms with Crippen molar-refractivity contribution in [2.45, 2.75) is 0 Å². The third-order valence-electron chi connectivity index (χ3n) is 1.10. The van der Waals surface area contributed by atoms with Crippen LogP contribution in [-0.4, -0.2) is 25.2 Å². The van der Waals surface area contributed by atoms with Crippen molar-refractivity contribution in [1.82, 2.24) is 0 Å². The summed E-state index contributed by atoms with van der Waals surface area (Å²) < 4.78 is 29.7. The summed E-state index contributed by atoms with van der Waals surface area (Å²) in [7, 11) is -3.29. The minimum atomic E-state index is -4.16. The van der Waals surface area contributed by atoms with Gasteiger partial charge < -0.3 is 10.8 Å². The van der Waals surface area contributed by atoms with Gasteiger partial charge in [0.2, 0.25) is 0 Å². The number of hydrogen-bond acceptors (Lipinski definition) is 5. The molecule has 1 aromatic rings. The highest BCUT2D eigenvalue weighted by Crippen LogP contribution is 2.09. The van der Waals surface area contributed by atoms with Crippen LogP contribution in [0, 0.1) is 0 Å². The van der Waals surface area contributed by atoms with E-state index in [9.17, 15) is 8.42 Å². The predicted octanol–water partition coefficient (Wildman–Crippen LogP) is 0.410. The Labute approximate surface area is 81.9 Å². The van der Waals surface area contributed by atoms with Gasteiger partial charge in [-0.15, -0.1) is 0 Å². The maximum Gasteiger partial charge on any atom is 0.397 e. The van der Waals surface area contributed by atoms with E-state index in [2.05, 4.69) is 4.18 Å². The lowest BCUT2D eigenvalue weighted by atomic mass is 10.3. The molecular formula is C7H11NO5S. The Bertz CT molecular complexity index is 337. The Hall–Kier alpha value is -1.31. The lowest BCUT2D eigenvalue weighted by Gasteiger charge is -1.89. The molecule has 4 N–H and O–H groups in total. The van der Waals surface area contributed by atoms with Crippen LogP contribution in [0.25, 0.3) is 0 Å². The molecule has 0 aromatic heterocycles. The van der Waals surface area contributed by atoms with Crippen molar-refractivity contribution >= 4 is 16.1 Å². The van der Waals surface area contributed by atoms with Crippen molar-refractivity contribution in [3.63, 3.8) is 0 Å². The molecule has 0 saturated carbocycles. The van der Waals surface area contributed by atoms with Gasteiger partial charge in [-0.1, -0.05) is 0 Å². The van der Waals surface area contributed by atoms with Crippen LogP contribution in [0.2, 0.25) is 0 Å². The zero-order chi connectivity index (χ0) is 11.2. The maximum absolute atomic E-state index is 9.33. The van der Waals surface area contributed by atoms with Gasteiger partial charge in [0.15, 0.2) is 0 Å². The Morgan fingerprint density at radius 2 is 1.64 bits per heavy atom. The van der Waals surface area contributed by atoms with Crippen LogP contribution in [0.1, 0.15) is 0 Å². The number of rotatable bonds is 1. The first kappa shape index (κ1) is 12.7. The van der Waals surface area contributed by atoms with Crippen LogP contribution in [-0.2, 0) is 14.6 Å². The fourth-order valence-electron chi connectivity index (χ4n) is 0.474. The third kappa shape index (κ3) is 7.35. The largest absolute Gasteiger partial charge is 0.508 e. The number of phenols is 1. The van der Waals surface area contributed by atoms with Crippen molar-refractivity contribution in [2.24, 2.45) is 0 Å². The summed E-state index contributed by atoms with van der Waals surface area (Å²) in [5, 5.41) is 8.70. The van der Waals surface area contributed by atoms with Crippen LogP contribution >= 0.6 is 0 Å². The average molecular weight is 221 g/mol. The highest BCUT2D eigenvalue weighted by Gasteiger charge is 1.94. The minimum Gasteiger partial charge on any atom is -0.508 e. The highest BCUT2D eigenvalue weighted by molar-refractivity contribution is 7.80. The fraction of sp³-hybridized carbons (Fsp3) is 0.143. The van der Waals surface area contributed by atoms with Gasteiger partial charge in [0.05, 0.1) is 7.11 Å². The Morgan fingerprint density at radius 3 is 1.86 bits per heavy atom. The third-order valence-corrected chi connectivity index (χ3v) is 1.52. The molecule has 0 saturated heterocycles. The second-order valence-electron chi connectivity index (χ2n) is 2.19. The van der Waals surface area contributed by atoms with E-state index in [0.29, 0.717) is 5.69 Å². The number of hydrogen-bond donors (Lipinski definition) is 3. The quantitative estimate of drug-likeness (QED) is 0.360. The number of benzene rings is 1. The predicted molar refractivity (Wildman–Crippen MR) is 51.1 cm³/mol. The summed E-state index contributed by atoms with van der Waals surface area (Å²) in [6.07, 6.45) is 0. The van der Waals surface area contributed by atoms with E-state index in [1.54, 1.807) is 24.3 Å². The number of nitrogens with two attached hydrogens (primary N) is 1. The van der Waals surface area contributed by atoms with Gasteiger partial charge in [0.1, 0.15) is 5.75 Å². The first-order valence-electron chi connectivity index (χ1n) is 3.42. The standard InChI is InChI=1S/C6H7NO.CH4O4S/c7-5-1-3-6(8)4-2-5;1-5-6(2,3)4/h1-4,8H,7H2;1H3,(H,2,3,4). The highest BCUT2D eigenvalue weighted by atomic mass is 32.3. The molecule has 0 bridgehead atoms. The van der Waals surface area contributed by atoms with E-state index in [1.807, 2.05) is 0 Å². The van der Waals surface area contributed by atoms with Gasteiger partial charge in [0.25, 0.3) is 0 Å². The summed E-state index contributed by atoms with van der Waals surface area (Å²) in [5.41, 5.74) is 5.98. The maximum atomic E-state index is 9.33. The van der Waals surface area contributed by atoms with Crippen molar-refractivity contribution in [3.8, 4) is 5.75 Å². The second-order valence-corrected chi connectivity index (χ2v) is 3.37. The molecule has 1 rings (SSSR count). The number of phenolic OH excluding ortho intramolecular Hbond substituents is 1. The van der Waals surface area contributed by atoms with Gasteiger partial charge in [-0.3, -0.25) is 8.74 Å². The molecule has 0 spiro atoms. The normalized spacial score (nSPS) is 10.1. The fourth-order valence-corrected chi connectivity index (χ4v) is 0.474. The number of nitrogen functional groups attached to an aromatic ring is 1. The zero-order valence-corrected chi connectivity index (χ0v) is 8.23. The molecule has 0 unspecified atom stereocenters. The van der Waals surface area contributed by atoms with Gasteiger partial charge >= 0.3 is 10.4 Å². The van der Waals surface area contributed by atoms with Crippen molar-refractivity contribution in [1.29, 1.82) is 0 Å². The SMILES string of the molecule is COS(=O)(=O)O.Nc1ccc(O)cc1. The minimum absolute atomic E-state index is 0.249. The van der Waals surface area contributed by atoms with Gasteiger partial charge in [-0.25, -0.2) is 0 Å². The molecule has 14 heavy (non-hydrogen) atoms. The topological polar surface area (TPSA) is 110 Å². The summed E-state index contributed by atoms with van der Waals surface area (Å²) >= 11 is 0. The van der Waals surface area contributed by atoms with Crippen LogP contribution in [0.4, 0.5) is 5.69 Å². The summed E-state index contributed by atoms with van der Waals surface area (Å²) in [4.78, 5) is 0. The molecule has 0 aliphatic heterocycles. The average Bonchev–Trinajstić information content (AvgIpc) is 2.10. The van der Waals surface area contributed by atoms with Crippen LogP contribution in [0.5, 0.6) is 5.75 Å². The molecule has 0 atom stereocenters. The van der Waals surface area contributed by atoms with Crippen LogP contribution in [0.15, 0.2) is 24.3 Å². The number of aromatic hydroxyl groups is 1. The van der Waals surface area contributed by atoms with Crippen molar-refractivity contribution < 1.29 is 22.3 Å². The zero-order valence-electron chi connectivity index (χ0n) is 7.41. The Morgan fingerprint density at radius 1 is 1.29 bits per heavy atom. The van der Waals surface area contributed by atoms with Gasteiger partial charge in [-0.2, -0.15) is 8.42 Å². The number of anilines is 1. The van der Waals surface area contributed by atoms with E-state index in [4.69, 9.17) is 15.4 Å². The summed E-state index contributed by atoms with van der Waals surface area (Å²) in [5.74, 6) is 0.249. The first-order chi connectivity index (χ1) is 6.35. The molecule has 0 aliphatic carbocycles. The molecule has 7 heteroatoms. The first-order valence-corrected chi connectivity index (χ1v) is 4.79. The Kier molecular flexibility index (Phi) is 4.92. The van der Waals surface area contributed by atoms with E-state index in [1.165, 1.54) is 0 Å². The molecule has 0 aliphatic rings. The Balaban J connectivity index is 0.000000255. The van der Waals surface area contributed by atoms with E-state index >= 15 is 0 Å². The monoisotopic (exact) mass is 221 g/mol. The van der Waals surface area contributed by atoms with Gasteiger partial charge in [0, 0.05) is 5.69 Å². The van der Waals surface area contributed by atoms with Crippen molar-refractivity contribution in [3.05, 3.63) is 24.3 Å². The lowest BCUT2D eigenvalue weighted by Crippen LogP contribution is -1.96. The molecule has 80 valence electrons. The van der Waals surface area contributed by atoms with Crippen LogP contribution in [0.3, 0.4) is 0 Å². The summed E-state index contributed by atoms with van der Waals surface area (Å²) in [6, 6.07) is 6.40. The van der Waals surface area contributed by atoms with E-state index in [0.717, 1.165) is 7.11 Å². The molecule has 1 aromatic carbocycles. The van der Waals surface area contributed by atoms with Crippen molar-refractivity contribution in [2.75, 3.05) is 12.8 Å². The molecular weight excluding hydrogens is 210 g/mol. The van der Waals surface area contributed by atoms with E-state index in [-0.39, 0.29) is 5.75 Å². The molecule has 0 radical (unpaired) electrons. The molecule has 0 heterocycles. The van der Waals surface area contributed by atoms with E-state index < -0.39 is 10.4 Å². The molecule has 0 amide bonds. The van der Waals surface area contributed by atoms with Gasteiger partial charge in [-0.05, 0) is 24.3 Å². The van der Waals surface area contributed by atoms with Crippen LogP contribution < -0.4 is 5.73 Å². The lowest BCUT2D eigenvalue weighted by molar-refractivity contribution is 0.324.